The summed E-state index contributed by atoms with van der Waals surface area (Å²) in [6.45, 7) is 16.0. The van der Waals surface area contributed by atoms with E-state index in [0.29, 0.717) is 37.0 Å². The van der Waals surface area contributed by atoms with Crippen LogP contribution < -0.4 is 25.3 Å². The summed E-state index contributed by atoms with van der Waals surface area (Å²) >= 11 is 0. The molecule has 0 spiro atoms. The van der Waals surface area contributed by atoms with E-state index < -0.39 is 0 Å². The summed E-state index contributed by atoms with van der Waals surface area (Å²) in [4.78, 5) is 58.3. The monoisotopic (exact) mass is 852 g/mol. The fraction of sp³-hybridized carbons (Fsp3) is 0.404. The molecule has 0 unspecified atom stereocenters. The third-order valence-electron chi connectivity index (χ3n) is 12.2. The highest BCUT2D eigenvalue weighted by Crippen LogP contribution is 2.31. The predicted molar refractivity (Wildman–Crippen MR) is 244 cm³/mol. The van der Waals surface area contributed by atoms with Crippen LogP contribution in [0.5, 0.6) is 0 Å². The number of piperazine rings is 1. The lowest BCUT2D eigenvalue weighted by Crippen LogP contribution is -2.49. The van der Waals surface area contributed by atoms with E-state index in [0.717, 1.165) is 96.2 Å². The summed E-state index contributed by atoms with van der Waals surface area (Å²) in [6.07, 6.45) is 6.86. The Labute approximate surface area is 367 Å². The lowest BCUT2D eigenvalue weighted by Gasteiger charge is -2.40. The van der Waals surface area contributed by atoms with Crippen LogP contribution >= 0.6 is 0 Å². The summed E-state index contributed by atoms with van der Waals surface area (Å²) in [5.41, 5.74) is 9.26. The van der Waals surface area contributed by atoms with E-state index in [1.807, 2.05) is 64.2 Å². The maximum atomic E-state index is 12.7. The predicted octanol–water partition coefficient (Wildman–Crippen LogP) is 5.74. The Balaban J connectivity index is 0.807. The maximum Gasteiger partial charge on any atom is 0.292 e. The average molecular weight is 853 g/mol. The van der Waals surface area contributed by atoms with Gasteiger partial charge in [0.15, 0.2) is 5.65 Å². The Morgan fingerprint density at radius 3 is 2.33 bits per heavy atom. The molecule has 0 bridgehead atoms. The minimum absolute atomic E-state index is 0.0221. The van der Waals surface area contributed by atoms with Crippen LogP contribution in [0.2, 0.25) is 0 Å². The second-order valence-corrected chi connectivity index (χ2v) is 17.7. The number of carbonyl (C=O) groups excluding carboxylic acids is 3. The van der Waals surface area contributed by atoms with E-state index in [9.17, 15) is 14.4 Å². The fourth-order valence-corrected chi connectivity index (χ4v) is 8.31. The standard InChI is InChI=1S/C47H56N12O4/c1-31-24-33(6-7-34(31)26-50-45(62)44-52-46(63-55-44)47(2,3)4)42-39-25-35(27-49-43(39)54-53-42)40-13-12-38(28-48-40)59-22-20-57(21-23-59)29-32-14-18-58(19-15-32)37-10-8-36(9-11-37)56(5)17-16-41(61)51-30-60/h6-13,24-25,27-28,30,32H,14-23,26,29H2,1-5H3,(H,50,62)(H,49,53,54)(H,51,60,61). The molecule has 8 rings (SSSR count). The van der Waals surface area contributed by atoms with Gasteiger partial charge >= 0.3 is 0 Å². The minimum atomic E-state index is -0.385. The van der Waals surface area contributed by atoms with Crippen LogP contribution in [-0.4, -0.2) is 113 Å². The van der Waals surface area contributed by atoms with Gasteiger partial charge in [-0.25, -0.2) is 4.98 Å². The smallest absolute Gasteiger partial charge is 0.292 e. The molecule has 4 aromatic heterocycles. The number of imide groups is 1. The Bertz CT molecular complexity index is 2530. The van der Waals surface area contributed by atoms with Gasteiger partial charge in [0.05, 0.1) is 17.6 Å². The van der Waals surface area contributed by atoms with Crippen LogP contribution in [0.15, 0.2) is 77.6 Å². The van der Waals surface area contributed by atoms with E-state index in [1.165, 1.54) is 18.5 Å². The van der Waals surface area contributed by atoms with Crippen molar-refractivity contribution in [3.05, 3.63) is 95.9 Å². The van der Waals surface area contributed by atoms with Gasteiger partial charge in [-0.3, -0.25) is 34.7 Å². The molecule has 2 aliphatic rings. The first-order chi connectivity index (χ1) is 30.4. The average Bonchev–Trinajstić information content (AvgIpc) is 3.98. The van der Waals surface area contributed by atoms with Crippen molar-refractivity contribution in [1.29, 1.82) is 0 Å². The van der Waals surface area contributed by atoms with Crippen molar-refractivity contribution in [3.63, 3.8) is 0 Å². The number of hydrogen-bond donors (Lipinski definition) is 3. The van der Waals surface area contributed by atoms with E-state index in [4.69, 9.17) is 9.51 Å². The first-order valence-corrected chi connectivity index (χ1v) is 21.7. The maximum absolute atomic E-state index is 12.7. The number of fused-ring (bicyclic) bond motifs is 1. The molecule has 16 nitrogen and oxygen atoms in total. The quantitative estimate of drug-likeness (QED) is 0.113. The number of H-pyrrole nitrogens is 1. The van der Waals surface area contributed by atoms with Gasteiger partial charge in [-0.2, -0.15) is 10.1 Å². The minimum Gasteiger partial charge on any atom is -0.374 e. The highest BCUT2D eigenvalue weighted by atomic mass is 16.5. The zero-order valence-electron chi connectivity index (χ0n) is 36.7. The third-order valence-corrected chi connectivity index (χ3v) is 12.2. The molecular formula is C47H56N12O4. The molecule has 2 fully saturated rings. The van der Waals surface area contributed by atoms with Crippen molar-refractivity contribution in [2.24, 2.45) is 5.92 Å². The summed E-state index contributed by atoms with van der Waals surface area (Å²) in [7, 11) is 1.96. The molecule has 0 aliphatic carbocycles. The van der Waals surface area contributed by atoms with Crippen LogP contribution in [0.3, 0.4) is 0 Å². The largest absolute Gasteiger partial charge is 0.374 e. The van der Waals surface area contributed by atoms with Crippen LogP contribution in [0.1, 0.15) is 67.7 Å². The Kier molecular flexibility index (Phi) is 12.8. The number of pyridine rings is 2. The van der Waals surface area contributed by atoms with Gasteiger partial charge in [-0.15, -0.1) is 0 Å². The van der Waals surface area contributed by atoms with Gasteiger partial charge in [-0.1, -0.05) is 38.1 Å². The van der Waals surface area contributed by atoms with Gasteiger partial charge in [0.25, 0.3) is 11.7 Å². The first kappa shape index (κ1) is 43.0. The van der Waals surface area contributed by atoms with E-state index in [2.05, 4.69) is 99.2 Å². The van der Waals surface area contributed by atoms with Crippen molar-refractivity contribution < 1.29 is 18.9 Å². The molecule has 2 saturated heterocycles. The molecule has 63 heavy (non-hydrogen) atoms. The van der Waals surface area contributed by atoms with E-state index >= 15 is 0 Å². The molecule has 328 valence electrons. The molecule has 2 aromatic carbocycles. The molecule has 0 saturated carbocycles. The number of hydrogen-bond acceptors (Lipinski definition) is 13. The number of amides is 3. The van der Waals surface area contributed by atoms with Crippen LogP contribution in [0, 0.1) is 12.8 Å². The number of aromatic nitrogens is 6. The Hall–Kier alpha value is -6.68. The topological polar surface area (TPSA) is 182 Å². The second kappa shape index (κ2) is 18.7. The molecule has 3 amide bonds. The lowest BCUT2D eigenvalue weighted by molar-refractivity contribution is -0.125. The normalized spacial score (nSPS) is 15.1. The Morgan fingerprint density at radius 1 is 0.905 bits per heavy atom. The molecule has 6 heterocycles. The molecular weight excluding hydrogens is 797 g/mol. The molecule has 0 atom stereocenters. The number of carbonyl (C=O) groups is 3. The second-order valence-electron chi connectivity index (χ2n) is 17.7. The number of anilines is 3. The van der Waals surface area contributed by atoms with Crippen molar-refractivity contribution in [2.45, 2.75) is 58.9 Å². The molecule has 6 aromatic rings. The van der Waals surface area contributed by atoms with Crippen LogP contribution in [0.25, 0.3) is 33.5 Å². The van der Waals surface area contributed by atoms with E-state index in [1.54, 1.807) is 0 Å². The number of aryl methyl sites for hydroxylation is 1. The number of rotatable bonds is 14. The number of piperidine rings is 1. The third kappa shape index (κ3) is 10.2. The van der Waals surface area contributed by atoms with E-state index in [-0.39, 0.29) is 29.5 Å². The highest BCUT2D eigenvalue weighted by molar-refractivity contribution is 5.93. The van der Waals surface area contributed by atoms with Crippen molar-refractivity contribution in [1.82, 2.24) is 45.8 Å². The highest BCUT2D eigenvalue weighted by Gasteiger charge is 2.26. The summed E-state index contributed by atoms with van der Waals surface area (Å²) in [6, 6.07) is 21.0. The van der Waals surface area contributed by atoms with Gasteiger partial charge in [-0.05, 0) is 85.3 Å². The summed E-state index contributed by atoms with van der Waals surface area (Å²) in [5, 5.41) is 17.6. The summed E-state index contributed by atoms with van der Waals surface area (Å²) < 4.78 is 5.28. The van der Waals surface area contributed by atoms with Gasteiger partial charge in [0.2, 0.25) is 18.2 Å². The van der Waals surface area contributed by atoms with Gasteiger partial charge < -0.3 is 24.5 Å². The van der Waals surface area contributed by atoms with Gasteiger partial charge in [0.1, 0.15) is 5.69 Å². The van der Waals surface area contributed by atoms with Crippen molar-refractivity contribution >= 4 is 46.3 Å². The number of nitrogens with one attached hydrogen (secondary N) is 3. The van der Waals surface area contributed by atoms with Crippen molar-refractivity contribution in [2.75, 3.05) is 74.1 Å². The summed E-state index contributed by atoms with van der Waals surface area (Å²) in [5.74, 6) is 0.472. The number of benzene rings is 2. The van der Waals surface area contributed by atoms with Crippen molar-refractivity contribution in [3.8, 4) is 22.5 Å². The molecule has 16 heteroatoms. The van der Waals surface area contributed by atoms with Crippen LogP contribution in [0.4, 0.5) is 17.1 Å². The SMILES string of the molecule is Cc1cc(-c2n[nH]c3ncc(-c4ccc(N5CCN(CC6CCN(c7ccc(N(C)CCC(=O)NC=O)cc7)CC6)CC5)cn4)cc23)ccc1CNC(=O)c1noc(C(C)(C)C)n1. The zero-order valence-corrected chi connectivity index (χ0v) is 36.7. The Morgan fingerprint density at radius 2 is 1.65 bits per heavy atom. The fourth-order valence-electron chi connectivity index (χ4n) is 8.31. The van der Waals surface area contributed by atoms with Crippen LogP contribution in [-0.2, 0) is 21.5 Å². The van der Waals surface area contributed by atoms with Gasteiger partial charge in [0, 0.05) is 112 Å². The number of nitrogens with zero attached hydrogens (tertiary/aromatic N) is 9. The number of aromatic amines is 1. The zero-order chi connectivity index (χ0) is 44.1. The molecule has 2 aliphatic heterocycles. The molecule has 0 radical (unpaired) electrons. The lowest BCUT2D eigenvalue weighted by atomic mass is 9.95. The first-order valence-electron chi connectivity index (χ1n) is 21.7. The molecule has 3 N–H and O–H groups in total.